The maximum Gasteiger partial charge on any atom is 0.344 e. The molecule has 0 spiro atoms. The highest BCUT2D eigenvalue weighted by atomic mass is 16.5. The van der Waals surface area contributed by atoms with Crippen LogP contribution in [0, 0.1) is 0 Å². The Bertz CT molecular complexity index is 689. The topological polar surface area (TPSA) is 46.5 Å². The zero-order valence-electron chi connectivity index (χ0n) is 17.3. The summed E-state index contributed by atoms with van der Waals surface area (Å²) in [4.78, 5) is 10.9. The molecule has 1 N–H and O–H groups in total. The summed E-state index contributed by atoms with van der Waals surface area (Å²) in [5, 5.41) is 8.91. The van der Waals surface area contributed by atoms with Gasteiger partial charge in [-0.3, -0.25) is 0 Å². The van der Waals surface area contributed by atoms with Crippen molar-refractivity contribution in [3.63, 3.8) is 0 Å². The van der Waals surface area contributed by atoms with E-state index in [1.54, 1.807) is 0 Å². The van der Waals surface area contributed by atoms with Crippen molar-refractivity contribution in [1.82, 2.24) is 0 Å². The number of aryl methyl sites for hydroxylation is 1. The highest BCUT2D eigenvalue weighted by Gasteiger charge is 2.12. The molecule has 2 aromatic rings. The SMILES string of the molecule is CCCCCCCCCCc1ccc(-c2ccc(O[C@@H](C)C(=O)O)cc2)cc1. The number of hydrogen-bond donors (Lipinski definition) is 1. The lowest BCUT2D eigenvalue weighted by molar-refractivity contribution is -0.144. The van der Waals surface area contributed by atoms with Crippen LogP contribution in [0.25, 0.3) is 11.1 Å². The molecule has 0 aliphatic heterocycles. The Kier molecular flexibility index (Phi) is 9.61. The van der Waals surface area contributed by atoms with Crippen LogP contribution in [0.4, 0.5) is 0 Å². The molecule has 0 unspecified atom stereocenters. The summed E-state index contributed by atoms with van der Waals surface area (Å²) in [6, 6.07) is 16.3. The van der Waals surface area contributed by atoms with E-state index in [2.05, 4.69) is 31.2 Å². The van der Waals surface area contributed by atoms with Crippen molar-refractivity contribution in [1.29, 1.82) is 0 Å². The molecule has 0 heterocycles. The van der Waals surface area contributed by atoms with Crippen molar-refractivity contribution in [3.8, 4) is 16.9 Å². The van der Waals surface area contributed by atoms with Crippen LogP contribution in [0.2, 0.25) is 0 Å². The van der Waals surface area contributed by atoms with Gasteiger partial charge in [0, 0.05) is 0 Å². The average Bonchev–Trinajstić information content (AvgIpc) is 2.71. The van der Waals surface area contributed by atoms with E-state index < -0.39 is 12.1 Å². The lowest BCUT2D eigenvalue weighted by Gasteiger charge is -2.11. The molecular weight excluding hydrogens is 348 g/mol. The zero-order chi connectivity index (χ0) is 20.2. The quantitative estimate of drug-likeness (QED) is 0.384. The predicted molar refractivity (Wildman–Crippen MR) is 116 cm³/mol. The van der Waals surface area contributed by atoms with Gasteiger partial charge in [0.25, 0.3) is 0 Å². The largest absolute Gasteiger partial charge is 0.479 e. The van der Waals surface area contributed by atoms with Gasteiger partial charge in [-0.2, -0.15) is 0 Å². The highest BCUT2D eigenvalue weighted by molar-refractivity contribution is 5.72. The molecule has 0 amide bonds. The molecule has 0 bridgehead atoms. The van der Waals surface area contributed by atoms with E-state index in [1.807, 2.05) is 24.3 Å². The summed E-state index contributed by atoms with van der Waals surface area (Å²) in [5.41, 5.74) is 3.66. The molecule has 152 valence electrons. The van der Waals surface area contributed by atoms with Crippen molar-refractivity contribution in [2.45, 2.75) is 77.7 Å². The maximum absolute atomic E-state index is 10.9. The molecule has 1 atom stereocenters. The third kappa shape index (κ3) is 7.75. The Balaban J connectivity index is 1.75. The standard InChI is InChI=1S/C25H34O3/c1-3-4-5-6-7-8-9-10-11-21-12-14-22(15-13-21)23-16-18-24(19-17-23)28-20(2)25(26)27/h12-20H,3-11H2,1-2H3,(H,26,27)/t20-/m0/s1. The third-order valence-corrected chi connectivity index (χ3v) is 5.12. The van der Waals surface area contributed by atoms with E-state index >= 15 is 0 Å². The smallest absolute Gasteiger partial charge is 0.344 e. The van der Waals surface area contributed by atoms with Crippen LogP contribution in [-0.4, -0.2) is 17.2 Å². The van der Waals surface area contributed by atoms with Gasteiger partial charge in [0.05, 0.1) is 0 Å². The fraction of sp³-hybridized carbons (Fsp3) is 0.480. The number of unbranched alkanes of at least 4 members (excludes halogenated alkanes) is 7. The lowest BCUT2D eigenvalue weighted by atomic mass is 10.0. The summed E-state index contributed by atoms with van der Waals surface area (Å²) >= 11 is 0. The van der Waals surface area contributed by atoms with Gasteiger partial charge >= 0.3 is 5.97 Å². The Morgan fingerprint density at radius 2 is 1.32 bits per heavy atom. The van der Waals surface area contributed by atoms with E-state index in [0.717, 1.165) is 17.5 Å². The molecule has 0 aliphatic rings. The summed E-state index contributed by atoms with van der Waals surface area (Å²) in [6.07, 6.45) is 11.1. The van der Waals surface area contributed by atoms with Gasteiger partial charge in [-0.15, -0.1) is 0 Å². The van der Waals surface area contributed by atoms with Crippen molar-refractivity contribution in [2.24, 2.45) is 0 Å². The number of rotatable bonds is 13. The summed E-state index contributed by atoms with van der Waals surface area (Å²) in [7, 11) is 0. The Morgan fingerprint density at radius 1 is 0.821 bits per heavy atom. The minimum atomic E-state index is -0.962. The number of benzene rings is 2. The summed E-state index contributed by atoms with van der Waals surface area (Å²) in [6.45, 7) is 3.79. The minimum Gasteiger partial charge on any atom is -0.479 e. The first kappa shape index (κ1) is 22.0. The van der Waals surface area contributed by atoms with Gasteiger partial charge < -0.3 is 9.84 Å². The van der Waals surface area contributed by atoms with Crippen LogP contribution in [0.5, 0.6) is 5.75 Å². The number of aliphatic carboxylic acids is 1. The van der Waals surface area contributed by atoms with Gasteiger partial charge in [-0.1, -0.05) is 88.3 Å². The van der Waals surface area contributed by atoms with E-state index in [-0.39, 0.29) is 0 Å². The molecule has 3 nitrogen and oxygen atoms in total. The van der Waals surface area contributed by atoms with E-state index in [1.165, 1.54) is 63.9 Å². The van der Waals surface area contributed by atoms with Crippen molar-refractivity contribution < 1.29 is 14.6 Å². The van der Waals surface area contributed by atoms with Crippen LogP contribution in [0.1, 0.15) is 70.8 Å². The Labute approximate surface area is 169 Å². The van der Waals surface area contributed by atoms with Gasteiger partial charge in [-0.05, 0) is 48.6 Å². The number of ether oxygens (including phenoxy) is 1. The molecule has 28 heavy (non-hydrogen) atoms. The molecule has 0 saturated heterocycles. The molecule has 0 radical (unpaired) electrons. The van der Waals surface area contributed by atoms with Gasteiger partial charge in [-0.25, -0.2) is 4.79 Å². The molecule has 3 heteroatoms. The van der Waals surface area contributed by atoms with Crippen LogP contribution in [0.3, 0.4) is 0 Å². The molecule has 0 aromatic heterocycles. The predicted octanol–water partition coefficient (Wildman–Crippen LogP) is 6.89. The van der Waals surface area contributed by atoms with Crippen molar-refractivity contribution in [3.05, 3.63) is 54.1 Å². The molecule has 0 fully saturated rings. The van der Waals surface area contributed by atoms with Crippen LogP contribution >= 0.6 is 0 Å². The van der Waals surface area contributed by atoms with E-state index in [4.69, 9.17) is 9.84 Å². The maximum atomic E-state index is 10.9. The number of carbonyl (C=O) groups is 1. The molecule has 0 saturated carbocycles. The Morgan fingerprint density at radius 3 is 1.86 bits per heavy atom. The first-order chi connectivity index (χ1) is 13.6. The fourth-order valence-electron chi connectivity index (χ4n) is 3.31. The van der Waals surface area contributed by atoms with Crippen molar-refractivity contribution in [2.75, 3.05) is 0 Å². The third-order valence-electron chi connectivity index (χ3n) is 5.12. The van der Waals surface area contributed by atoms with Crippen LogP contribution < -0.4 is 4.74 Å². The highest BCUT2D eigenvalue weighted by Crippen LogP contribution is 2.24. The molecule has 0 aliphatic carbocycles. The average molecular weight is 383 g/mol. The normalized spacial score (nSPS) is 11.9. The van der Waals surface area contributed by atoms with Crippen LogP contribution in [-0.2, 0) is 11.2 Å². The number of carboxylic acids is 1. The summed E-state index contributed by atoms with van der Waals surface area (Å²) in [5.74, 6) is -0.388. The molecule has 2 aromatic carbocycles. The first-order valence-electron chi connectivity index (χ1n) is 10.7. The molecule has 2 rings (SSSR count). The van der Waals surface area contributed by atoms with Gasteiger partial charge in [0.2, 0.25) is 0 Å². The number of hydrogen-bond acceptors (Lipinski definition) is 2. The van der Waals surface area contributed by atoms with Gasteiger partial charge in [0.15, 0.2) is 6.10 Å². The number of carboxylic acid groups (broad SMARTS) is 1. The second-order valence-corrected chi connectivity index (χ2v) is 7.54. The first-order valence-corrected chi connectivity index (χ1v) is 10.7. The minimum absolute atomic E-state index is 0.574. The van der Waals surface area contributed by atoms with E-state index in [9.17, 15) is 4.79 Å². The second kappa shape index (κ2) is 12.2. The molecular formula is C25H34O3. The lowest BCUT2D eigenvalue weighted by Crippen LogP contribution is -2.22. The Hall–Kier alpha value is -2.29. The van der Waals surface area contributed by atoms with E-state index in [0.29, 0.717) is 5.75 Å². The second-order valence-electron chi connectivity index (χ2n) is 7.54. The summed E-state index contributed by atoms with van der Waals surface area (Å²) < 4.78 is 5.38. The van der Waals surface area contributed by atoms with Gasteiger partial charge in [0.1, 0.15) is 5.75 Å². The monoisotopic (exact) mass is 382 g/mol. The zero-order valence-corrected chi connectivity index (χ0v) is 17.3. The van der Waals surface area contributed by atoms with Crippen LogP contribution in [0.15, 0.2) is 48.5 Å². The van der Waals surface area contributed by atoms with Crippen molar-refractivity contribution >= 4 is 5.97 Å². The fourth-order valence-corrected chi connectivity index (χ4v) is 3.31.